The van der Waals surface area contributed by atoms with Crippen LogP contribution in [-0.2, 0) is 10.3 Å². The van der Waals surface area contributed by atoms with Gasteiger partial charge in [-0.25, -0.2) is 9.59 Å². The van der Waals surface area contributed by atoms with Crippen LogP contribution in [0.15, 0.2) is 18.2 Å². The van der Waals surface area contributed by atoms with Crippen molar-refractivity contribution in [3.8, 4) is 5.75 Å². The number of aliphatic carboxylic acids is 1. The molecule has 0 fully saturated rings. The molecule has 4 N–H and O–H groups in total. The van der Waals surface area contributed by atoms with Crippen LogP contribution in [0.3, 0.4) is 0 Å². The topological polar surface area (TPSA) is 110 Å². The molecule has 1 aliphatic heterocycles. The number of carbonyl (C=O) groups is 2. The first kappa shape index (κ1) is 10.4. The minimum Gasteiger partial charge on any atom is -0.490 e. The van der Waals surface area contributed by atoms with Gasteiger partial charge in [0, 0.05) is 5.56 Å². The Bertz CT molecular complexity index is 484. The van der Waals surface area contributed by atoms with Gasteiger partial charge in [-0.2, -0.15) is 0 Å². The summed E-state index contributed by atoms with van der Waals surface area (Å²) in [5, 5.41) is 17.7. The summed E-state index contributed by atoms with van der Waals surface area (Å²) in [6, 6.07) is 3.95. The van der Waals surface area contributed by atoms with Gasteiger partial charge in [0.2, 0.25) is 0 Å². The number of ether oxygens (including phenoxy) is 1. The Labute approximate surface area is 90.3 Å². The minimum absolute atomic E-state index is 0.0355. The fourth-order valence-corrected chi connectivity index (χ4v) is 1.59. The van der Waals surface area contributed by atoms with E-state index in [0.29, 0.717) is 5.56 Å². The summed E-state index contributed by atoms with van der Waals surface area (Å²) >= 11 is 0. The van der Waals surface area contributed by atoms with E-state index in [1.54, 1.807) is 0 Å². The molecule has 0 saturated heterocycles. The van der Waals surface area contributed by atoms with Crippen molar-refractivity contribution < 1.29 is 24.5 Å². The van der Waals surface area contributed by atoms with Crippen molar-refractivity contribution in [2.45, 2.75) is 5.54 Å². The van der Waals surface area contributed by atoms with Crippen LogP contribution in [0.5, 0.6) is 5.75 Å². The highest BCUT2D eigenvalue weighted by Crippen LogP contribution is 2.36. The maximum atomic E-state index is 11.0. The zero-order valence-corrected chi connectivity index (χ0v) is 8.14. The second kappa shape index (κ2) is 3.21. The maximum Gasteiger partial charge on any atom is 0.335 e. The van der Waals surface area contributed by atoms with Crippen LogP contribution in [0.2, 0.25) is 0 Å². The van der Waals surface area contributed by atoms with E-state index in [2.05, 4.69) is 0 Å². The van der Waals surface area contributed by atoms with Gasteiger partial charge in [0.25, 0.3) is 0 Å². The number of hydrogen-bond acceptors (Lipinski definition) is 4. The number of rotatable bonds is 2. The van der Waals surface area contributed by atoms with Crippen LogP contribution in [0.4, 0.5) is 0 Å². The Kier molecular flexibility index (Phi) is 2.09. The van der Waals surface area contributed by atoms with E-state index in [1.165, 1.54) is 18.2 Å². The van der Waals surface area contributed by atoms with Crippen LogP contribution in [-0.4, -0.2) is 28.8 Å². The van der Waals surface area contributed by atoms with E-state index in [-0.39, 0.29) is 17.9 Å². The lowest BCUT2D eigenvalue weighted by molar-refractivity contribution is -0.144. The predicted octanol–water partition coefficient (Wildman–Crippen LogP) is 0.0158. The van der Waals surface area contributed by atoms with Crippen molar-refractivity contribution in [2.75, 3.05) is 6.61 Å². The first-order valence-corrected chi connectivity index (χ1v) is 4.48. The van der Waals surface area contributed by atoms with Crippen molar-refractivity contribution >= 4 is 11.9 Å². The number of hydrogen-bond donors (Lipinski definition) is 3. The normalized spacial score (nSPS) is 22.3. The van der Waals surface area contributed by atoms with Gasteiger partial charge < -0.3 is 20.7 Å². The molecule has 16 heavy (non-hydrogen) atoms. The number of carboxylic acids is 2. The van der Waals surface area contributed by atoms with E-state index < -0.39 is 17.5 Å². The van der Waals surface area contributed by atoms with Crippen molar-refractivity contribution in [3.05, 3.63) is 29.3 Å². The number of aromatic carboxylic acids is 1. The lowest BCUT2D eigenvalue weighted by Crippen LogP contribution is -2.46. The predicted molar refractivity (Wildman–Crippen MR) is 52.4 cm³/mol. The van der Waals surface area contributed by atoms with E-state index in [1.807, 2.05) is 0 Å². The fraction of sp³-hybridized carbons (Fsp3) is 0.200. The molecule has 0 spiro atoms. The van der Waals surface area contributed by atoms with Crippen LogP contribution in [0, 0.1) is 0 Å². The van der Waals surface area contributed by atoms with Gasteiger partial charge in [0.05, 0.1) is 5.56 Å². The summed E-state index contributed by atoms with van der Waals surface area (Å²) in [5.74, 6) is -2.09. The fourth-order valence-electron chi connectivity index (χ4n) is 1.59. The second-order valence-electron chi connectivity index (χ2n) is 3.58. The molecule has 0 aromatic heterocycles. The van der Waals surface area contributed by atoms with Gasteiger partial charge in [-0.15, -0.1) is 0 Å². The standard InChI is InChI=1S/C10H9NO5/c11-10(9(14)15)4-16-7-3-5(8(12)13)1-2-6(7)10/h1-3H,4,11H2,(H,12,13)(H,14,15). The molecule has 1 atom stereocenters. The number of carboxylic acid groups (broad SMARTS) is 2. The second-order valence-corrected chi connectivity index (χ2v) is 3.58. The van der Waals surface area contributed by atoms with Crippen molar-refractivity contribution in [1.82, 2.24) is 0 Å². The number of benzene rings is 1. The lowest BCUT2D eigenvalue weighted by Gasteiger charge is -2.16. The third-order valence-corrected chi connectivity index (χ3v) is 2.55. The quantitative estimate of drug-likeness (QED) is 0.651. The molecule has 1 aromatic carbocycles. The van der Waals surface area contributed by atoms with Gasteiger partial charge in [-0.05, 0) is 12.1 Å². The summed E-state index contributed by atoms with van der Waals surface area (Å²) in [7, 11) is 0. The Hall–Kier alpha value is -2.08. The summed E-state index contributed by atoms with van der Waals surface area (Å²) in [6.07, 6.45) is 0. The molecule has 0 saturated carbocycles. The summed E-state index contributed by atoms with van der Waals surface area (Å²) in [4.78, 5) is 21.7. The molecular weight excluding hydrogens is 214 g/mol. The average Bonchev–Trinajstić information content (AvgIpc) is 2.57. The van der Waals surface area contributed by atoms with Gasteiger partial charge in [-0.3, -0.25) is 0 Å². The summed E-state index contributed by atoms with van der Waals surface area (Å²) in [5.41, 5.74) is 4.41. The molecule has 84 valence electrons. The van der Waals surface area contributed by atoms with E-state index in [9.17, 15) is 9.59 Å². The Morgan fingerprint density at radius 2 is 2.06 bits per heavy atom. The monoisotopic (exact) mass is 223 g/mol. The molecule has 0 aliphatic carbocycles. The highest BCUT2D eigenvalue weighted by atomic mass is 16.5. The van der Waals surface area contributed by atoms with Crippen molar-refractivity contribution in [3.63, 3.8) is 0 Å². The van der Waals surface area contributed by atoms with Crippen molar-refractivity contribution in [2.24, 2.45) is 5.73 Å². The largest absolute Gasteiger partial charge is 0.490 e. The maximum absolute atomic E-state index is 11.0. The Morgan fingerprint density at radius 1 is 1.38 bits per heavy atom. The van der Waals surface area contributed by atoms with Crippen LogP contribution in [0.25, 0.3) is 0 Å². The molecule has 0 amide bonds. The molecule has 1 aliphatic rings. The molecule has 1 aromatic rings. The van der Waals surface area contributed by atoms with Crippen LogP contribution in [0.1, 0.15) is 15.9 Å². The van der Waals surface area contributed by atoms with Crippen LogP contribution < -0.4 is 10.5 Å². The Balaban J connectivity index is 2.51. The van der Waals surface area contributed by atoms with E-state index >= 15 is 0 Å². The summed E-state index contributed by atoms with van der Waals surface area (Å²) in [6.45, 7) is -0.194. The van der Waals surface area contributed by atoms with Crippen LogP contribution >= 0.6 is 0 Å². The highest BCUT2D eigenvalue weighted by Gasteiger charge is 2.44. The number of nitrogens with two attached hydrogens (primary N) is 1. The minimum atomic E-state index is -1.59. The van der Waals surface area contributed by atoms with E-state index in [0.717, 1.165) is 0 Å². The van der Waals surface area contributed by atoms with Gasteiger partial charge >= 0.3 is 11.9 Å². The molecule has 6 heteroatoms. The first-order chi connectivity index (χ1) is 7.45. The molecule has 1 heterocycles. The molecule has 6 nitrogen and oxygen atoms in total. The molecular formula is C10H9NO5. The summed E-state index contributed by atoms with van der Waals surface area (Å²) < 4.78 is 5.10. The molecule has 1 unspecified atom stereocenters. The van der Waals surface area contributed by atoms with Gasteiger partial charge in [0.15, 0.2) is 5.54 Å². The van der Waals surface area contributed by atoms with Gasteiger partial charge in [0.1, 0.15) is 12.4 Å². The zero-order chi connectivity index (χ0) is 11.9. The number of fused-ring (bicyclic) bond motifs is 1. The third kappa shape index (κ3) is 1.31. The SMILES string of the molecule is NC1(C(=O)O)COc2cc(C(=O)O)ccc21. The Morgan fingerprint density at radius 3 is 2.62 bits per heavy atom. The molecule has 0 radical (unpaired) electrons. The smallest absolute Gasteiger partial charge is 0.335 e. The lowest BCUT2D eigenvalue weighted by atomic mass is 9.93. The van der Waals surface area contributed by atoms with E-state index in [4.69, 9.17) is 20.7 Å². The zero-order valence-electron chi connectivity index (χ0n) is 8.14. The average molecular weight is 223 g/mol. The highest BCUT2D eigenvalue weighted by molar-refractivity contribution is 5.89. The molecule has 2 rings (SSSR count). The molecule has 0 bridgehead atoms. The van der Waals surface area contributed by atoms with Crippen molar-refractivity contribution in [1.29, 1.82) is 0 Å². The first-order valence-electron chi connectivity index (χ1n) is 4.48. The third-order valence-electron chi connectivity index (χ3n) is 2.55. The van der Waals surface area contributed by atoms with Gasteiger partial charge in [-0.1, -0.05) is 6.07 Å².